The van der Waals surface area contributed by atoms with Gasteiger partial charge in [0.25, 0.3) is 0 Å². The van der Waals surface area contributed by atoms with Crippen LogP contribution in [0.1, 0.15) is 25.8 Å². The first-order valence-corrected chi connectivity index (χ1v) is 8.02. The molecule has 1 rings (SSSR count). The zero-order chi connectivity index (χ0) is 13.8. The van der Waals surface area contributed by atoms with Crippen molar-refractivity contribution in [2.45, 2.75) is 38.1 Å². The molecule has 0 heterocycles. The topological polar surface area (TPSA) is 37.4 Å². The number of benzene rings is 1. The van der Waals surface area contributed by atoms with E-state index in [4.69, 9.17) is 11.6 Å². The Hall–Kier alpha value is -0.580. The summed E-state index contributed by atoms with van der Waals surface area (Å²) in [4.78, 5) is 0.383. The van der Waals surface area contributed by atoms with E-state index in [0.29, 0.717) is 23.7 Å². The molecule has 0 fully saturated rings. The number of rotatable bonds is 6. The first-order valence-electron chi connectivity index (χ1n) is 6.04. The van der Waals surface area contributed by atoms with E-state index < -0.39 is 10.0 Å². The zero-order valence-electron chi connectivity index (χ0n) is 11.1. The van der Waals surface area contributed by atoms with Gasteiger partial charge in [0.05, 0.1) is 4.90 Å². The fourth-order valence-electron chi connectivity index (χ4n) is 1.84. The highest BCUT2D eigenvalue weighted by Gasteiger charge is 2.27. The lowest BCUT2D eigenvalue weighted by Gasteiger charge is -2.26. The Labute approximate surface area is 115 Å². The van der Waals surface area contributed by atoms with Crippen LogP contribution in [-0.4, -0.2) is 31.2 Å². The summed E-state index contributed by atoms with van der Waals surface area (Å²) in [6.45, 7) is 6.03. The average Bonchev–Trinajstić information content (AvgIpc) is 2.29. The molecule has 102 valence electrons. The Morgan fingerprint density at radius 1 is 1.28 bits per heavy atom. The van der Waals surface area contributed by atoms with Crippen LogP contribution in [0.4, 0.5) is 0 Å². The van der Waals surface area contributed by atoms with E-state index in [1.165, 1.54) is 4.31 Å². The van der Waals surface area contributed by atoms with Crippen LogP contribution < -0.4 is 0 Å². The van der Waals surface area contributed by atoms with Crippen molar-refractivity contribution >= 4 is 21.6 Å². The Bertz CT molecular complexity index is 486. The molecule has 0 bridgehead atoms. The zero-order valence-corrected chi connectivity index (χ0v) is 12.6. The number of halogens is 1. The van der Waals surface area contributed by atoms with Crippen molar-refractivity contribution in [1.82, 2.24) is 4.31 Å². The van der Waals surface area contributed by atoms with E-state index in [1.54, 1.807) is 12.1 Å². The van der Waals surface area contributed by atoms with E-state index in [9.17, 15) is 8.42 Å². The monoisotopic (exact) mass is 289 g/mol. The summed E-state index contributed by atoms with van der Waals surface area (Å²) in [5.41, 5.74) is 0.772. The number of hydrogen-bond donors (Lipinski definition) is 0. The summed E-state index contributed by atoms with van der Waals surface area (Å²) in [6.07, 6.45) is 0.658. The Morgan fingerprint density at radius 2 is 1.89 bits per heavy atom. The Kier molecular flexibility index (Phi) is 5.63. The molecule has 0 aromatic heterocycles. The smallest absolute Gasteiger partial charge is 0.207 e. The van der Waals surface area contributed by atoms with Crippen LogP contribution in [0.5, 0.6) is 0 Å². The average molecular weight is 290 g/mol. The summed E-state index contributed by atoms with van der Waals surface area (Å²) in [7, 11) is -3.43. The van der Waals surface area contributed by atoms with Crippen LogP contribution in [0, 0.1) is 6.92 Å². The first kappa shape index (κ1) is 15.5. The van der Waals surface area contributed by atoms with Crippen molar-refractivity contribution in [3.05, 3.63) is 29.8 Å². The lowest BCUT2D eigenvalue weighted by molar-refractivity contribution is 0.354. The van der Waals surface area contributed by atoms with Crippen LogP contribution in [-0.2, 0) is 10.0 Å². The summed E-state index contributed by atoms with van der Waals surface area (Å²) < 4.78 is 26.7. The molecule has 0 saturated carbocycles. The summed E-state index contributed by atoms with van der Waals surface area (Å²) in [6, 6.07) is 6.98. The van der Waals surface area contributed by atoms with Gasteiger partial charge < -0.3 is 0 Å². The van der Waals surface area contributed by atoms with Gasteiger partial charge in [0, 0.05) is 18.5 Å². The van der Waals surface area contributed by atoms with Gasteiger partial charge in [-0.25, -0.2) is 8.42 Å². The summed E-state index contributed by atoms with van der Waals surface area (Å²) >= 11 is 5.66. The number of aryl methyl sites for hydroxylation is 1. The van der Waals surface area contributed by atoms with Crippen LogP contribution in [0.2, 0.25) is 0 Å². The largest absolute Gasteiger partial charge is 0.243 e. The Balaban J connectivity index is 3.14. The number of alkyl halides is 1. The lowest BCUT2D eigenvalue weighted by Crippen LogP contribution is -2.38. The van der Waals surface area contributed by atoms with Gasteiger partial charge >= 0.3 is 0 Å². The quantitative estimate of drug-likeness (QED) is 0.755. The lowest BCUT2D eigenvalue weighted by atomic mass is 10.2. The molecule has 0 atom stereocenters. The minimum Gasteiger partial charge on any atom is -0.207 e. The fraction of sp³-hybridized carbons (Fsp3) is 0.538. The van der Waals surface area contributed by atoms with Crippen LogP contribution >= 0.6 is 11.6 Å². The van der Waals surface area contributed by atoms with E-state index >= 15 is 0 Å². The molecule has 0 aliphatic rings. The normalized spacial score (nSPS) is 12.3. The molecule has 0 unspecified atom stereocenters. The molecule has 0 spiro atoms. The van der Waals surface area contributed by atoms with Gasteiger partial charge in [0.2, 0.25) is 10.0 Å². The minimum atomic E-state index is -3.43. The molecule has 0 aliphatic heterocycles. The second kappa shape index (κ2) is 6.55. The van der Waals surface area contributed by atoms with Gasteiger partial charge in [-0.15, -0.1) is 11.6 Å². The fourth-order valence-corrected chi connectivity index (χ4v) is 3.87. The molecule has 1 aromatic rings. The molecule has 0 amide bonds. The highest BCUT2D eigenvalue weighted by Crippen LogP contribution is 2.21. The van der Waals surface area contributed by atoms with E-state index in [1.807, 2.05) is 32.9 Å². The molecule has 5 heteroatoms. The minimum absolute atomic E-state index is 0.0715. The van der Waals surface area contributed by atoms with Gasteiger partial charge in [-0.3, -0.25) is 0 Å². The standard InChI is InChI=1S/C13H20ClNO2S/c1-11(2)15(10-6-9-14)18(16,17)13-8-5-4-7-12(13)3/h4-5,7-8,11H,6,9-10H2,1-3H3. The van der Waals surface area contributed by atoms with Crippen molar-refractivity contribution in [1.29, 1.82) is 0 Å². The summed E-state index contributed by atoms with van der Waals surface area (Å²) in [5.74, 6) is 0.465. The third kappa shape index (κ3) is 3.46. The first-order chi connectivity index (χ1) is 8.41. The predicted molar refractivity (Wildman–Crippen MR) is 75.5 cm³/mol. The third-order valence-corrected chi connectivity index (χ3v) is 5.27. The van der Waals surface area contributed by atoms with Gasteiger partial charge in [0.15, 0.2) is 0 Å². The third-order valence-electron chi connectivity index (χ3n) is 2.77. The van der Waals surface area contributed by atoms with Crippen molar-refractivity contribution in [2.24, 2.45) is 0 Å². The second-order valence-electron chi connectivity index (χ2n) is 4.52. The molecule has 3 nitrogen and oxygen atoms in total. The molecule has 18 heavy (non-hydrogen) atoms. The predicted octanol–water partition coefficient (Wildman–Crippen LogP) is 3.02. The van der Waals surface area contributed by atoms with Crippen molar-refractivity contribution < 1.29 is 8.42 Å². The van der Waals surface area contributed by atoms with Crippen LogP contribution in [0.3, 0.4) is 0 Å². The van der Waals surface area contributed by atoms with Gasteiger partial charge in [-0.05, 0) is 38.8 Å². The molecule has 0 saturated heterocycles. The number of sulfonamides is 1. The van der Waals surface area contributed by atoms with E-state index in [2.05, 4.69) is 0 Å². The maximum atomic E-state index is 12.6. The van der Waals surface area contributed by atoms with Crippen molar-refractivity contribution in [3.8, 4) is 0 Å². The number of hydrogen-bond acceptors (Lipinski definition) is 2. The summed E-state index contributed by atoms with van der Waals surface area (Å²) in [5, 5.41) is 0. The number of nitrogens with zero attached hydrogens (tertiary/aromatic N) is 1. The molecule has 0 radical (unpaired) electrons. The van der Waals surface area contributed by atoms with Crippen LogP contribution in [0.25, 0.3) is 0 Å². The molecular weight excluding hydrogens is 270 g/mol. The van der Waals surface area contributed by atoms with Crippen molar-refractivity contribution in [3.63, 3.8) is 0 Å². The van der Waals surface area contributed by atoms with Gasteiger partial charge in [0.1, 0.15) is 0 Å². The molecule has 0 aliphatic carbocycles. The highest BCUT2D eigenvalue weighted by atomic mass is 35.5. The maximum absolute atomic E-state index is 12.6. The maximum Gasteiger partial charge on any atom is 0.243 e. The SMILES string of the molecule is Cc1ccccc1S(=O)(=O)N(CCCCl)C(C)C. The molecule has 1 aromatic carbocycles. The second-order valence-corrected chi connectivity index (χ2v) is 6.75. The van der Waals surface area contributed by atoms with E-state index in [0.717, 1.165) is 5.56 Å². The van der Waals surface area contributed by atoms with Crippen LogP contribution in [0.15, 0.2) is 29.2 Å². The Morgan fingerprint density at radius 3 is 2.39 bits per heavy atom. The van der Waals surface area contributed by atoms with Crippen molar-refractivity contribution in [2.75, 3.05) is 12.4 Å². The van der Waals surface area contributed by atoms with Gasteiger partial charge in [-0.1, -0.05) is 18.2 Å². The van der Waals surface area contributed by atoms with E-state index in [-0.39, 0.29) is 6.04 Å². The molecular formula is C13H20ClNO2S. The van der Waals surface area contributed by atoms with Gasteiger partial charge in [-0.2, -0.15) is 4.31 Å². The highest BCUT2D eigenvalue weighted by molar-refractivity contribution is 7.89. The molecule has 0 N–H and O–H groups in total.